The zero-order chi connectivity index (χ0) is 30.2. The molecule has 10 heteroatoms. The summed E-state index contributed by atoms with van der Waals surface area (Å²) in [6.07, 6.45) is 4.50. The summed E-state index contributed by atoms with van der Waals surface area (Å²) < 4.78 is 17.1. The van der Waals surface area contributed by atoms with Crippen LogP contribution in [0.4, 0.5) is 5.69 Å². The normalized spacial score (nSPS) is 17.8. The van der Waals surface area contributed by atoms with E-state index < -0.39 is 0 Å². The summed E-state index contributed by atoms with van der Waals surface area (Å²) in [5, 5.41) is 9.32. The molecule has 0 bridgehead atoms. The topological polar surface area (TPSA) is 118 Å². The predicted molar refractivity (Wildman–Crippen MR) is 164 cm³/mol. The Hall–Kier alpha value is -3.79. The van der Waals surface area contributed by atoms with Gasteiger partial charge in [0.05, 0.1) is 33.1 Å². The van der Waals surface area contributed by atoms with E-state index in [1.807, 2.05) is 12.1 Å². The van der Waals surface area contributed by atoms with E-state index in [1.54, 1.807) is 33.5 Å². The molecule has 0 aromatic heterocycles. The molecule has 2 aromatic rings. The third-order valence-corrected chi connectivity index (χ3v) is 8.25. The Morgan fingerprint density at radius 1 is 1.05 bits per heavy atom. The number of hydrogen-bond donors (Lipinski definition) is 3. The van der Waals surface area contributed by atoms with Crippen LogP contribution in [0.2, 0.25) is 0 Å². The quantitative estimate of drug-likeness (QED) is 0.326. The Balaban J connectivity index is 1.56. The molecule has 10 nitrogen and oxygen atoms in total. The summed E-state index contributed by atoms with van der Waals surface area (Å²) in [6.45, 7) is 6.89. The molecule has 1 aliphatic heterocycles. The van der Waals surface area contributed by atoms with Crippen LogP contribution in [0.5, 0.6) is 17.2 Å². The maximum Gasteiger partial charge on any atom is 0.220 e. The number of benzene rings is 1. The Morgan fingerprint density at radius 3 is 2.52 bits per heavy atom. The highest BCUT2D eigenvalue weighted by atomic mass is 16.5. The standard InChI is InChI=1S/C32H44N4O6/c1-6-36-16-8-9-22(36)19-34-29(39)10-7-15-33-26-14-12-23-24(18-27(26)38)25(35-20(2)37)13-11-21-17-28(40-3)31(41-4)32(42-5)30(21)23/h12,14,17-18,22,25H,6-11,13,15-16,19H2,1-5H3,(H,33,38)(H,34,39)(H,35,37). The van der Waals surface area contributed by atoms with Crippen LogP contribution in [0.3, 0.4) is 0 Å². The number of carbonyl (C=O) groups is 2. The fourth-order valence-electron chi connectivity index (χ4n) is 6.19. The minimum absolute atomic E-state index is 0.0265. The van der Waals surface area contributed by atoms with Crippen LogP contribution in [-0.4, -0.2) is 70.3 Å². The van der Waals surface area contributed by atoms with Crippen LogP contribution < -0.4 is 35.6 Å². The Bertz CT molecular complexity index is 1350. The van der Waals surface area contributed by atoms with Crippen molar-refractivity contribution in [3.63, 3.8) is 0 Å². The number of methoxy groups -OCH3 is 3. The lowest BCUT2D eigenvalue weighted by Gasteiger charge is -2.22. The van der Waals surface area contributed by atoms with Gasteiger partial charge in [0.2, 0.25) is 23.0 Å². The second-order valence-electron chi connectivity index (χ2n) is 10.9. The SMILES string of the molecule is CCN1CCCC1CNC(=O)CCCNc1ccc2c(cc1=O)C(NC(C)=O)CCc1cc(OC)c(OC)c(OC)c1-2. The van der Waals surface area contributed by atoms with Crippen molar-refractivity contribution in [3.8, 4) is 28.4 Å². The third kappa shape index (κ3) is 6.98. The number of likely N-dealkylation sites (N-methyl/N-ethyl adjacent to an activating group) is 1. The van der Waals surface area contributed by atoms with Crippen molar-refractivity contribution in [1.82, 2.24) is 15.5 Å². The molecule has 2 atom stereocenters. The van der Waals surface area contributed by atoms with Crippen LogP contribution >= 0.6 is 0 Å². The van der Waals surface area contributed by atoms with E-state index in [2.05, 4.69) is 27.8 Å². The number of amides is 2. The molecule has 3 N–H and O–H groups in total. The van der Waals surface area contributed by atoms with Gasteiger partial charge in [-0.3, -0.25) is 19.3 Å². The van der Waals surface area contributed by atoms with Crippen molar-refractivity contribution >= 4 is 17.5 Å². The van der Waals surface area contributed by atoms with Crippen LogP contribution in [0, 0.1) is 0 Å². The van der Waals surface area contributed by atoms with Crippen molar-refractivity contribution in [2.24, 2.45) is 0 Å². The van der Waals surface area contributed by atoms with Crippen molar-refractivity contribution < 1.29 is 23.8 Å². The lowest BCUT2D eigenvalue weighted by atomic mass is 9.95. The highest BCUT2D eigenvalue weighted by Gasteiger charge is 2.29. The van der Waals surface area contributed by atoms with Gasteiger partial charge in [0.1, 0.15) is 0 Å². The van der Waals surface area contributed by atoms with Crippen LogP contribution in [0.1, 0.15) is 63.1 Å². The van der Waals surface area contributed by atoms with Crippen molar-refractivity contribution in [2.75, 3.05) is 52.8 Å². The molecule has 42 heavy (non-hydrogen) atoms. The molecular formula is C32H44N4O6. The van der Waals surface area contributed by atoms with Gasteiger partial charge in [0.15, 0.2) is 11.5 Å². The van der Waals surface area contributed by atoms with Gasteiger partial charge in [0, 0.05) is 38.0 Å². The number of aryl methyl sites for hydroxylation is 1. The predicted octanol–water partition coefficient (Wildman–Crippen LogP) is 3.66. The van der Waals surface area contributed by atoms with Gasteiger partial charge < -0.3 is 30.2 Å². The van der Waals surface area contributed by atoms with E-state index in [9.17, 15) is 14.4 Å². The van der Waals surface area contributed by atoms with Gasteiger partial charge in [-0.15, -0.1) is 0 Å². The van der Waals surface area contributed by atoms with Crippen molar-refractivity contribution in [3.05, 3.63) is 45.6 Å². The molecule has 2 aromatic carbocycles. The van der Waals surface area contributed by atoms with Crippen molar-refractivity contribution in [2.45, 2.75) is 64.5 Å². The zero-order valence-corrected chi connectivity index (χ0v) is 25.4. The number of ether oxygens (including phenoxy) is 3. The average molecular weight is 581 g/mol. The van der Waals surface area contributed by atoms with Crippen LogP contribution in [-0.2, 0) is 16.0 Å². The lowest BCUT2D eigenvalue weighted by molar-refractivity contribution is -0.121. The first-order valence-corrected chi connectivity index (χ1v) is 14.8. The van der Waals surface area contributed by atoms with Crippen molar-refractivity contribution in [1.29, 1.82) is 0 Å². The second-order valence-corrected chi connectivity index (χ2v) is 10.9. The monoisotopic (exact) mass is 580 g/mol. The fourth-order valence-corrected chi connectivity index (χ4v) is 6.19. The summed E-state index contributed by atoms with van der Waals surface area (Å²) in [6, 6.07) is 7.23. The van der Waals surface area contributed by atoms with Gasteiger partial charge in [0.25, 0.3) is 0 Å². The summed E-state index contributed by atoms with van der Waals surface area (Å²) >= 11 is 0. The number of hydrogen-bond acceptors (Lipinski definition) is 8. The summed E-state index contributed by atoms with van der Waals surface area (Å²) in [5.74, 6) is 1.37. The van der Waals surface area contributed by atoms with E-state index in [0.29, 0.717) is 73.3 Å². The molecule has 1 aliphatic carbocycles. The maximum atomic E-state index is 13.4. The number of rotatable bonds is 12. The number of nitrogens with one attached hydrogen (secondary N) is 3. The van der Waals surface area contributed by atoms with E-state index in [1.165, 1.54) is 13.3 Å². The number of likely N-dealkylation sites (tertiary alicyclic amines) is 1. The first-order chi connectivity index (χ1) is 20.3. The van der Waals surface area contributed by atoms with Crippen LogP contribution in [0.25, 0.3) is 11.1 Å². The molecule has 228 valence electrons. The molecule has 1 fully saturated rings. The van der Waals surface area contributed by atoms with Gasteiger partial charge >= 0.3 is 0 Å². The Kier molecular flexibility index (Phi) is 10.7. The first kappa shape index (κ1) is 31.2. The molecule has 2 aliphatic rings. The number of carbonyl (C=O) groups excluding carboxylic acids is 2. The van der Waals surface area contributed by atoms with E-state index in [0.717, 1.165) is 36.2 Å². The minimum Gasteiger partial charge on any atom is -0.493 e. The van der Waals surface area contributed by atoms with Gasteiger partial charge in [-0.05, 0) is 80.1 Å². The molecule has 1 saturated heterocycles. The Morgan fingerprint density at radius 2 is 1.83 bits per heavy atom. The molecule has 1 heterocycles. The number of anilines is 1. The van der Waals surface area contributed by atoms with E-state index >= 15 is 0 Å². The van der Waals surface area contributed by atoms with Gasteiger partial charge in [-0.2, -0.15) is 0 Å². The fraction of sp³-hybridized carbons (Fsp3) is 0.531. The molecule has 2 unspecified atom stereocenters. The molecule has 2 amide bonds. The highest BCUT2D eigenvalue weighted by molar-refractivity contribution is 5.83. The lowest BCUT2D eigenvalue weighted by Crippen LogP contribution is -2.40. The maximum absolute atomic E-state index is 13.4. The molecule has 0 spiro atoms. The number of nitrogens with zero attached hydrogens (tertiary/aromatic N) is 1. The molecule has 0 radical (unpaired) electrons. The molecule has 0 saturated carbocycles. The average Bonchev–Trinajstić information content (AvgIpc) is 3.32. The van der Waals surface area contributed by atoms with Crippen LogP contribution in [0.15, 0.2) is 29.1 Å². The Labute approximate surface area is 248 Å². The number of fused-ring (bicyclic) bond motifs is 3. The minimum atomic E-state index is -0.369. The third-order valence-electron chi connectivity index (χ3n) is 8.25. The van der Waals surface area contributed by atoms with Gasteiger partial charge in [-0.1, -0.05) is 13.0 Å². The van der Waals surface area contributed by atoms with Gasteiger partial charge in [-0.25, -0.2) is 0 Å². The zero-order valence-electron chi connectivity index (χ0n) is 25.4. The summed E-state index contributed by atoms with van der Waals surface area (Å²) in [7, 11) is 4.71. The second kappa shape index (κ2) is 14.4. The largest absolute Gasteiger partial charge is 0.493 e. The smallest absolute Gasteiger partial charge is 0.220 e. The molecular weight excluding hydrogens is 536 g/mol. The van der Waals surface area contributed by atoms with E-state index in [4.69, 9.17) is 14.2 Å². The summed E-state index contributed by atoms with van der Waals surface area (Å²) in [5.41, 5.74) is 3.49. The molecule has 4 rings (SSSR count). The highest BCUT2D eigenvalue weighted by Crippen LogP contribution is 2.50. The first-order valence-electron chi connectivity index (χ1n) is 14.8. The summed E-state index contributed by atoms with van der Waals surface area (Å²) in [4.78, 5) is 40.4. The van der Waals surface area contributed by atoms with E-state index in [-0.39, 0.29) is 23.3 Å².